The lowest BCUT2D eigenvalue weighted by molar-refractivity contribution is 0.293. The van der Waals surface area contributed by atoms with Gasteiger partial charge in [-0.2, -0.15) is 0 Å². The monoisotopic (exact) mass is 167 g/mol. The van der Waals surface area contributed by atoms with E-state index in [1.807, 2.05) is 0 Å². The van der Waals surface area contributed by atoms with Gasteiger partial charge < -0.3 is 5.32 Å². The molecule has 0 amide bonds. The Balaban J connectivity index is 1.85. The van der Waals surface area contributed by atoms with E-state index < -0.39 is 0 Å². The van der Waals surface area contributed by atoms with Crippen LogP contribution < -0.4 is 5.32 Å². The van der Waals surface area contributed by atoms with Crippen molar-refractivity contribution in [3.05, 3.63) is 12.2 Å². The molecule has 0 aromatic carbocycles. The highest BCUT2D eigenvalue weighted by Crippen LogP contribution is 2.28. The zero-order valence-electron chi connectivity index (χ0n) is 8.23. The molecule has 0 radical (unpaired) electrons. The lowest BCUT2D eigenvalue weighted by atomic mass is 9.83. The van der Waals surface area contributed by atoms with E-state index in [4.69, 9.17) is 0 Å². The minimum Gasteiger partial charge on any atom is -0.313 e. The second-order valence-corrected chi connectivity index (χ2v) is 3.87. The zero-order valence-corrected chi connectivity index (χ0v) is 8.23. The van der Waals surface area contributed by atoms with Crippen molar-refractivity contribution >= 4 is 0 Å². The first-order valence-electron chi connectivity index (χ1n) is 5.20. The fraction of sp³-hybridized carbons (Fsp3) is 0.818. The molecule has 1 rings (SSSR count). The number of nitrogens with one attached hydrogen (secondary N) is 1. The summed E-state index contributed by atoms with van der Waals surface area (Å²) in [5.41, 5.74) is 1.32. The Bertz CT molecular complexity index is 136. The van der Waals surface area contributed by atoms with Crippen LogP contribution in [-0.4, -0.2) is 13.1 Å². The van der Waals surface area contributed by atoms with Crippen LogP contribution in [-0.2, 0) is 0 Å². The van der Waals surface area contributed by atoms with Crippen molar-refractivity contribution in [2.24, 2.45) is 5.92 Å². The van der Waals surface area contributed by atoms with Crippen molar-refractivity contribution in [2.75, 3.05) is 13.1 Å². The summed E-state index contributed by atoms with van der Waals surface area (Å²) in [6, 6.07) is 0. The average molecular weight is 167 g/mol. The van der Waals surface area contributed by atoms with E-state index >= 15 is 0 Å². The van der Waals surface area contributed by atoms with E-state index in [2.05, 4.69) is 18.8 Å². The maximum absolute atomic E-state index is 3.96. The van der Waals surface area contributed by atoms with E-state index in [-0.39, 0.29) is 0 Å². The topological polar surface area (TPSA) is 12.0 Å². The summed E-state index contributed by atoms with van der Waals surface area (Å²) in [5, 5.41) is 3.44. The van der Waals surface area contributed by atoms with Gasteiger partial charge in [-0.3, -0.25) is 0 Å². The van der Waals surface area contributed by atoms with Crippen molar-refractivity contribution in [3.63, 3.8) is 0 Å². The minimum absolute atomic E-state index is 1.02. The summed E-state index contributed by atoms with van der Waals surface area (Å²) in [5.74, 6) is 1.03. The average Bonchev–Trinajstić information content (AvgIpc) is 2.00. The number of hydrogen-bond donors (Lipinski definition) is 1. The van der Waals surface area contributed by atoms with Crippen LogP contribution in [0.15, 0.2) is 12.2 Å². The highest BCUT2D eigenvalue weighted by molar-refractivity contribution is 4.94. The predicted octanol–water partition coefficient (Wildman–Crippen LogP) is 2.73. The molecule has 0 bridgehead atoms. The van der Waals surface area contributed by atoms with Crippen LogP contribution in [0.5, 0.6) is 0 Å². The van der Waals surface area contributed by atoms with Crippen LogP contribution in [0.25, 0.3) is 0 Å². The molecule has 1 aliphatic carbocycles. The maximum Gasteiger partial charge on any atom is 0.0161 e. The SMILES string of the molecule is C=C(CC)CNCCC1CCC1. The fourth-order valence-electron chi connectivity index (χ4n) is 1.48. The van der Waals surface area contributed by atoms with Gasteiger partial charge in [0.2, 0.25) is 0 Å². The summed E-state index contributed by atoms with van der Waals surface area (Å²) >= 11 is 0. The summed E-state index contributed by atoms with van der Waals surface area (Å²) in [7, 11) is 0. The Hall–Kier alpha value is -0.300. The van der Waals surface area contributed by atoms with Gasteiger partial charge in [0.25, 0.3) is 0 Å². The van der Waals surface area contributed by atoms with Gasteiger partial charge in [-0.05, 0) is 25.3 Å². The minimum atomic E-state index is 1.02. The van der Waals surface area contributed by atoms with Crippen LogP contribution in [0.2, 0.25) is 0 Å². The van der Waals surface area contributed by atoms with Crippen molar-refractivity contribution in [1.29, 1.82) is 0 Å². The molecule has 1 nitrogen and oxygen atoms in total. The third-order valence-electron chi connectivity index (χ3n) is 2.83. The van der Waals surface area contributed by atoms with Crippen molar-refractivity contribution < 1.29 is 0 Å². The summed E-state index contributed by atoms with van der Waals surface area (Å²) in [4.78, 5) is 0. The van der Waals surface area contributed by atoms with E-state index in [1.54, 1.807) is 0 Å². The Morgan fingerprint density at radius 3 is 2.75 bits per heavy atom. The highest BCUT2D eigenvalue weighted by atomic mass is 14.8. The van der Waals surface area contributed by atoms with Gasteiger partial charge in [0.1, 0.15) is 0 Å². The molecule has 0 unspecified atom stereocenters. The van der Waals surface area contributed by atoms with Gasteiger partial charge in [-0.1, -0.05) is 38.3 Å². The third kappa shape index (κ3) is 3.40. The number of hydrogen-bond acceptors (Lipinski definition) is 1. The van der Waals surface area contributed by atoms with E-state index in [9.17, 15) is 0 Å². The molecule has 1 N–H and O–H groups in total. The van der Waals surface area contributed by atoms with Gasteiger partial charge in [-0.25, -0.2) is 0 Å². The van der Waals surface area contributed by atoms with Gasteiger partial charge in [0.05, 0.1) is 0 Å². The van der Waals surface area contributed by atoms with Crippen molar-refractivity contribution in [1.82, 2.24) is 5.32 Å². The standard InChI is InChI=1S/C11H21N/c1-3-10(2)9-12-8-7-11-5-4-6-11/h11-12H,2-9H2,1H3. The van der Waals surface area contributed by atoms with Gasteiger partial charge in [0.15, 0.2) is 0 Å². The molecule has 0 atom stereocenters. The molecule has 12 heavy (non-hydrogen) atoms. The van der Waals surface area contributed by atoms with Crippen molar-refractivity contribution in [3.8, 4) is 0 Å². The predicted molar refractivity (Wildman–Crippen MR) is 54.3 cm³/mol. The van der Waals surface area contributed by atoms with Crippen LogP contribution >= 0.6 is 0 Å². The van der Waals surface area contributed by atoms with Crippen LogP contribution in [0.3, 0.4) is 0 Å². The molecule has 0 aliphatic heterocycles. The Labute approximate surface area is 76.2 Å². The molecular weight excluding hydrogens is 146 g/mol. The molecule has 0 saturated heterocycles. The molecule has 0 heterocycles. The van der Waals surface area contributed by atoms with Crippen LogP contribution in [0.1, 0.15) is 39.0 Å². The highest BCUT2D eigenvalue weighted by Gasteiger charge is 2.15. The summed E-state index contributed by atoms with van der Waals surface area (Å²) in [6.07, 6.45) is 6.88. The smallest absolute Gasteiger partial charge is 0.0161 e. The first-order chi connectivity index (χ1) is 5.83. The fourth-order valence-corrected chi connectivity index (χ4v) is 1.48. The number of rotatable bonds is 6. The molecular formula is C11H21N. The lowest BCUT2D eigenvalue weighted by Gasteiger charge is -2.25. The molecule has 0 spiro atoms. The maximum atomic E-state index is 3.96. The second kappa shape index (κ2) is 5.36. The quantitative estimate of drug-likeness (QED) is 0.474. The largest absolute Gasteiger partial charge is 0.313 e. The summed E-state index contributed by atoms with van der Waals surface area (Å²) < 4.78 is 0. The van der Waals surface area contributed by atoms with Crippen LogP contribution in [0, 0.1) is 5.92 Å². The van der Waals surface area contributed by atoms with E-state index in [0.717, 1.165) is 18.9 Å². The lowest BCUT2D eigenvalue weighted by Crippen LogP contribution is -2.22. The Morgan fingerprint density at radius 1 is 1.50 bits per heavy atom. The first-order valence-corrected chi connectivity index (χ1v) is 5.20. The van der Waals surface area contributed by atoms with Gasteiger partial charge in [0, 0.05) is 6.54 Å². The first kappa shape index (κ1) is 9.79. The Kier molecular flexibility index (Phi) is 4.37. The van der Waals surface area contributed by atoms with E-state index in [0.29, 0.717) is 0 Å². The molecule has 1 fully saturated rings. The molecule has 0 aromatic rings. The molecule has 0 aromatic heterocycles. The molecule has 1 heteroatoms. The zero-order chi connectivity index (χ0) is 8.81. The third-order valence-corrected chi connectivity index (χ3v) is 2.83. The molecule has 1 saturated carbocycles. The van der Waals surface area contributed by atoms with Gasteiger partial charge >= 0.3 is 0 Å². The van der Waals surface area contributed by atoms with Crippen LogP contribution in [0.4, 0.5) is 0 Å². The van der Waals surface area contributed by atoms with E-state index in [1.165, 1.54) is 37.8 Å². The normalized spacial score (nSPS) is 17.4. The molecule has 70 valence electrons. The Morgan fingerprint density at radius 2 is 2.25 bits per heavy atom. The molecule has 1 aliphatic rings. The summed E-state index contributed by atoms with van der Waals surface area (Å²) in [6.45, 7) is 8.33. The van der Waals surface area contributed by atoms with Gasteiger partial charge in [-0.15, -0.1) is 0 Å². The second-order valence-electron chi connectivity index (χ2n) is 3.87. The van der Waals surface area contributed by atoms with Crippen molar-refractivity contribution in [2.45, 2.75) is 39.0 Å².